The maximum atomic E-state index is 6.69. The molecule has 18 atom stereocenters. The highest BCUT2D eigenvalue weighted by molar-refractivity contribution is 8.24. The topological polar surface area (TPSA) is 0 Å². The number of hydrogen-bond donors (Lipinski definition) is 0. The maximum absolute atomic E-state index is 6.69. The minimum Gasteiger partial charge on any atom is -0.0876 e. The Morgan fingerprint density at radius 3 is 0.427 bits per heavy atom. The first-order valence-electron chi connectivity index (χ1n) is 30.8. The van der Waals surface area contributed by atoms with Crippen molar-refractivity contribution in [2.75, 3.05) is 0 Å². The highest BCUT2D eigenvalue weighted by Gasteiger charge is 2.77. The standard InChI is InChI=1S/3C23H32P2S2.CH4/c3*1-11-13(3)24(26)15(5)22(11,9)19-17(24)18-20(21(19,7)8)23(10)12(2)14(4)25(18,27)16(23)6;/h3*15-16H,1-10H3;1H4/t15?,16?,22-,23+,24-,25+;2*15?,16?,22-,23-,24-,25-;/m.10./s1. The lowest BCUT2D eigenvalue weighted by molar-refractivity contribution is 0.328. The lowest BCUT2D eigenvalue weighted by Gasteiger charge is -2.45. The second kappa shape index (κ2) is 16.3. The van der Waals surface area contributed by atoms with Crippen LogP contribution in [0.5, 0.6) is 0 Å². The Morgan fingerprint density at radius 2 is 0.329 bits per heavy atom. The molecule has 6 unspecified atom stereocenters. The second-order valence-electron chi connectivity index (χ2n) is 31.7. The predicted octanol–water partition coefficient (Wildman–Crippen LogP) is 24.4. The van der Waals surface area contributed by atoms with Gasteiger partial charge in [0, 0.05) is 119 Å². The van der Waals surface area contributed by atoms with Gasteiger partial charge in [-0.15, -0.1) is 0 Å². The van der Waals surface area contributed by atoms with Crippen molar-refractivity contribution >= 4 is 107 Å². The van der Waals surface area contributed by atoms with E-state index in [1.165, 1.54) is 0 Å². The van der Waals surface area contributed by atoms with Crippen molar-refractivity contribution in [2.24, 2.45) is 48.7 Å². The van der Waals surface area contributed by atoms with Gasteiger partial charge in [0.05, 0.1) is 0 Å². The molecule has 446 valence electrons. The normalized spacial score (nSPS) is 51.3. The van der Waals surface area contributed by atoms with E-state index in [0.29, 0.717) is 34.0 Å². The summed E-state index contributed by atoms with van der Waals surface area (Å²) in [5, 5.41) is 19.2. The fourth-order valence-electron chi connectivity index (χ4n) is 24.3. The lowest BCUT2D eigenvalue weighted by atomic mass is 9.58. The molecule has 0 aromatic rings. The molecule has 0 saturated carbocycles. The first-order chi connectivity index (χ1) is 36.5. The van der Waals surface area contributed by atoms with Gasteiger partial charge in [0.25, 0.3) is 0 Å². The van der Waals surface area contributed by atoms with Gasteiger partial charge in [-0.05, 0) is 180 Å². The van der Waals surface area contributed by atoms with Crippen LogP contribution in [-0.4, -0.2) is 34.0 Å². The van der Waals surface area contributed by atoms with E-state index in [2.05, 4.69) is 208 Å². The van der Waals surface area contributed by atoms with Crippen molar-refractivity contribution in [2.45, 2.75) is 249 Å². The van der Waals surface area contributed by atoms with Gasteiger partial charge < -0.3 is 0 Å². The third kappa shape index (κ3) is 5.26. The summed E-state index contributed by atoms with van der Waals surface area (Å²) >= 11 is 40.2. The average Bonchev–Trinajstić information content (AvgIpc) is 1.63. The molecular weight excluding hydrogens is 1220 g/mol. The van der Waals surface area contributed by atoms with Gasteiger partial charge in [-0.3, -0.25) is 0 Å². The van der Waals surface area contributed by atoms with E-state index in [4.69, 9.17) is 70.8 Å². The Hall–Kier alpha value is 0.780. The molecule has 0 fully saturated rings. The van der Waals surface area contributed by atoms with Crippen LogP contribution in [0.25, 0.3) is 0 Å². The Labute approximate surface area is 530 Å². The molecule has 0 nitrogen and oxygen atoms in total. The van der Waals surface area contributed by atoms with Gasteiger partial charge in [-0.1, -0.05) is 236 Å². The van der Waals surface area contributed by atoms with Crippen LogP contribution < -0.4 is 0 Å². The summed E-state index contributed by atoms with van der Waals surface area (Å²) in [6.45, 7) is 73.1. The lowest BCUT2D eigenvalue weighted by Crippen LogP contribution is -2.38. The fraction of sp³-hybridized carbons (Fsp3) is 0.657. The minimum absolute atomic E-state index is 0. The van der Waals surface area contributed by atoms with E-state index in [1.807, 2.05) is 0 Å². The van der Waals surface area contributed by atoms with E-state index in [1.54, 1.807) is 131 Å². The fourth-order valence-corrected chi connectivity index (χ4v) is 64.0. The Kier molecular flexibility index (Phi) is 12.5. The van der Waals surface area contributed by atoms with Crippen molar-refractivity contribution < 1.29 is 0 Å². The monoisotopic (exact) mass is 1320 g/mol. The van der Waals surface area contributed by atoms with Crippen LogP contribution in [-0.2, 0) is 70.8 Å². The zero-order chi connectivity index (χ0) is 60.8. The van der Waals surface area contributed by atoms with E-state index < -0.39 is 36.2 Å². The molecule has 0 aromatic heterocycles. The second-order valence-corrected chi connectivity index (χ2v) is 61.3. The van der Waals surface area contributed by atoms with E-state index in [0.717, 1.165) is 0 Å². The Balaban J connectivity index is 0.000000121. The van der Waals surface area contributed by atoms with Crippen LogP contribution >= 0.6 is 36.2 Å². The highest BCUT2D eigenvalue weighted by Crippen LogP contribution is 3.01. The quantitative estimate of drug-likeness (QED) is 0.220. The van der Waals surface area contributed by atoms with Crippen molar-refractivity contribution in [3.05, 3.63) is 131 Å². The molecular formula is C70H100P6S6. The zero-order valence-corrected chi connectivity index (χ0v) is 65.4. The van der Waals surface area contributed by atoms with Crippen molar-refractivity contribution in [3.8, 4) is 0 Å². The zero-order valence-electron chi connectivity index (χ0n) is 55.1. The molecule has 15 aliphatic rings. The van der Waals surface area contributed by atoms with Gasteiger partial charge in [0.2, 0.25) is 0 Å². The molecule has 3 aliphatic carbocycles. The molecule has 12 bridgehead atoms. The van der Waals surface area contributed by atoms with Crippen LogP contribution in [0.1, 0.15) is 215 Å². The molecule has 0 radical (unpaired) electrons. The van der Waals surface area contributed by atoms with Crippen LogP contribution in [0.15, 0.2) is 131 Å². The molecule has 0 amide bonds. The predicted molar refractivity (Wildman–Crippen MR) is 392 cm³/mol. The van der Waals surface area contributed by atoms with Gasteiger partial charge in [0.1, 0.15) is 0 Å². The molecule has 0 spiro atoms. The first-order valence-corrected chi connectivity index (χ1v) is 48.0. The van der Waals surface area contributed by atoms with Gasteiger partial charge in [0.15, 0.2) is 0 Å². The molecule has 0 saturated heterocycles. The van der Waals surface area contributed by atoms with E-state index in [9.17, 15) is 0 Å². The number of rotatable bonds is 0. The number of fused-ring (bicyclic) bond motifs is 27. The molecule has 12 heterocycles. The summed E-state index contributed by atoms with van der Waals surface area (Å²) in [6, 6.07) is -10.4. The summed E-state index contributed by atoms with van der Waals surface area (Å²) in [5.74, 6) is 0. The van der Waals surface area contributed by atoms with E-state index in [-0.39, 0.29) is 56.2 Å². The van der Waals surface area contributed by atoms with Crippen LogP contribution in [0.2, 0.25) is 0 Å². The molecule has 12 aliphatic heterocycles. The molecule has 12 heteroatoms. The van der Waals surface area contributed by atoms with E-state index >= 15 is 0 Å². The SMILES string of the molecule is C.CC1=C(C)[P@@]2(=S)C3=C(C(C)(C)C4=C3[P@@]3(=S)C(C)=C(C)[C@]4(C)C3C)[C@]1(C)C2C.CC1=C(C)[P@@]2(=S)C3=C(C(C)(C)C4=C3[P@]3(=S)C(C)=C(C)[C@@]4(C)C3C)[C@]1(C)C2C.CC1=C(C)[P@]2(=S)C3=C(C(C)(C)C4=C3[P@@]3(=S)C(C)=C(C)[C@]4(C)C3C)[C@@]1(C)C2C. The third-order valence-electron chi connectivity index (χ3n) is 30.2. The smallest absolute Gasteiger partial charge is 0.0192 e. The van der Waals surface area contributed by atoms with Crippen molar-refractivity contribution in [1.29, 1.82) is 0 Å². The van der Waals surface area contributed by atoms with Crippen molar-refractivity contribution in [1.82, 2.24) is 0 Å². The highest BCUT2D eigenvalue weighted by atomic mass is 32.5. The molecule has 82 heavy (non-hydrogen) atoms. The van der Waals surface area contributed by atoms with Crippen LogP contribution in [0, 0.1) is 48.7 Å². The number of hydrogen-bond acceptors (Lipinski definition) is 6. The van der Waals surface area contributed by atoms with Gasteiger partial charge in [-0.2, -0.15) is 0 Å². The summed E-state index contributed by atoms with van der Waals surface area (Å²) in [5.41, 5.74) is 24.1. The van der Waals surface area contributed by atoms with Crippen LogP contribution in [0.4, 0.5) is 0 Å². The summed E-state index contributed by atoms with van der Waals surface area (Å²) < 4.78 is 0. The summed E-state index contributed by atoms with van der Waals surface area (Å²) in [6.07, 6.45) is 0. The molecule has 0 aromatic carbocycles. The first kappa shape index (κ1) is 63.0. The summed E-state index contributed by atoms with van der Waals surface area (Å²) in [7, 11) is 0. The van der Waals surface area contributed by atoms with Gasteiger partial charge >= 0.3 is 0 Å². The minimum atomic E-state index is -1.74. The number of allylic oxidation sites excluding steroid dienone is 24. The summed E-state index contributed by atoms with van der Waals surface area (Å²) in [4.78, 5) is 0. The molecule has 0 N–H and O–H groups in total. The molecule has 15 rings (SSSR count). The maximum Gasteiger partial charge on any atom is 0.0192 e. The average molecular weight is 1320 g/mol. The third-order valence-corrected chi connectivity index (χ3v) is 68.9. The van der Waals surface area contributed by atoms with Crippen LogP contribution in [0.3, 0.4) is 0 Å². The van der Waals surface area contributed by atoms with Gasteiger partial charge in [-0.25, -0.2) is 0 Å². The largest absolute Gasteiger partial charge is 0.0876 e. The Morgan fingerprint density at radius 1 is 0.232 bits per heavy atom. The Bertz CT molecular complexity index is 3490. The van der Waals surface area contributed by atoms with Crippen molar-refractivity contribution in [3.63, 3.8) is 0 Å².